The quantitative estimate of drug-likeness (QED) is 0.205. The van der Waals surface area contributed by atoms with Crippen molar-refractivity contribution in [1.82, 2.24) is 0 Å². The van der Waals surface area contributed by atoms with Gasteiger partial charge >= 0.3 is 0 Å². The van der Waals surface area contributed by atoms with E-state index in [1.807, 2.05) is 30.3 Å². The van der Waals surface area contributed by atoms with Gasteiger partial charge in [0, 0.05) is 32.8 Å². The Labute approximate surface area is 260 Å². The molecule has 0 bridgehead atoms. The third kappa shape index (κ3) is 3.27. The summed E-state index contributed by atoms with van der Waals surface area (Å²) in [6, 6.07) is 11.2. The van der Waals surface area contributed by atoms with Crippen molar-refractivity contribution >= 4 is 54.5 Å². The second-order valence-electron chi connectivity index (χ2n) is 9.84. The van der Waals surface area contributed by atoms with Gasteiger partial charge in [0.05, 0.1) is 17.8 Å². The lowest BCUT2D eigenvalue weighted by atomic mass is 9.84. The molecule has 2 heteroatoms. The number of fused-ring (bicyclic) bond motifs is 7. The number of hydrogen-bond donors (Lipinski definition) is 0. The molecule has 0 saturated carbocycles. The lowest BCUT2D eigenvalue weighted by molar-refractivity contribution is 0.612. The van der Waals surface area contributed by atoms with Crippen LogP contribution in [0.5, 0.6) is 0 Å². The largest absolute Gasteiger partial charge is 0.452 e. The van der Waals surface area contributed by atoms with E-state index in [4.69, 9.17) is 21.2 Å². The second-order valence-corrected chi connectivity index (χ2v) is 9.84. The molecule has 2 nitrogen and oxygen atoms in total. The number of benzene rings is 7. The van der Waals surface area contributed by atoms with E-state index >= 15 is 0 Å². The van der Waals surface area contributed by atoms with Crippen molar-refractivity contribution in [3.8, 4) is 33.6 Å². The van der Waals surface area contributed by atoms with Gasteiger partial charge in [-0.2, -0.15) is 0 Å². The van der Waals surface area contributed by atoms with E-state index < -0.39 is 84.1 Å². The van der Waals surface area contributed by atoms with Crippen LogP contribution < -0.4 is 0 Å². The van der Waals surface area contributed by atoms with Crippen molar-refractivity contribution in [3.63, 3.8) is 0 Å². The van der Waals surface area contributed by atoms with Gasteiger partial charge in [0.1, 0.15) is 11.3 Å². The molecule has 0 aliphatic rings. The predicted molar refractivity (Wildman–Crippen MR) is 175 cm³/mol. The first-order valence-electron chi connectivity index (χ1n) is 19.7. The number of furan rings is 2. The highest BCUT2D eigenvalue weighted by atomic mass is 16.4. The summed E-state index contributed by atoms with van der Waals surface area (Å²) in [6.07, 6.45) is 0. The fraction of sp³-hybridized carbons (Fsp3) is 0. The second kappa shape index (κ2) is 8.95. The predicted octanol–water partition coefficient (Wildman–Crippen LogP) is 11.6. The number of hydrogen-bond acceptors (Lipinski definition) is 2. The first-order chi connectivity index (χ1) is 26.3. The van der Waals surface area contributed by atoms with Crippen LogP contribution in [0.25, 0.3) is 88.0 Å². The van der Waals surface area contributed by atoms with Gasteiger partial charge in [-0.1, -0.05) is 127 Å². The van der Waals surface area contributed by atoms with Gasteiger partial charge < -0.3 is 8.83 Å². The summed E-state index contributed by atoms with van der Waals surface area (Å²) in [5, 5.41) is 0.970. The highest BCUT2D eigenvalue weighted by molar-refractivity contribution is 6.26. The average molecular weight is 550 g/mol. The molecule has 196 valence electrons. The van der Waals surface area contributed by atoms with Crippen LogP contribution in [0.15, 0.2) is 154 Å². The molecule has 0 spiro atoms. The summed E-state index contributed by atoms with van der Waals surface area (Å²) >= 11 is 0. The first-order valence-corrected chi connectivity index (χ1v) is 13.2. The Bertz CT molecular complexity index is 3070. The molecule has 9 aromatic rings. The molecular formula is C40H24O2. The van der Waals surface area contributed by atoms with E-state index in [9.17, 15) is 5.48 Å². The zero-order chi connectivity index (χ0) is 38.9. The van der Waals surface area contributed by atoms with E-state index in [0.717, 1.165) is 10.8 Å². The van der Waals surface area contributed by atoms with E-state index in [-0.39, 0.29) is 49.6 Å². The van der Waals surface area contributed by atoms with Crippen LogP contribution in [0, 0.1) is 0 Å². The SMILES string of the molecule is [2H]c1c([2H])c([2H])c(-c2c3c([2H])c([2H])c([2H])c([2H])c3c(-c3c(-c4ccccc4)oc4c3ccc3c5ccccc5oc34)c3c([2H])c([2H])c([2H])c([2H])c23)c([2H])c1[2H]. The van der Waals surface area contributed by atoms with Crippen molar-refractivity contribution in [3.05, 3.63) is 145 Å². The molecule has 42 heavy (non-hydrogen) atoms. The fourth-order valence-corrected chi connectivity index (χ4v) is 5.88. The van der Waals surface area contributed by atoms with Crippen LogP contribution >= 0.6 is 0 Å². The van der Waals surface area contributed by atoms with Gasteiger partial charge in [0.2, 0.25) is 0 Å². The summed E-state index contributed by atoms with van der Waals surface area (Å²) in [5.41, 5.74) is 1.18. The van der Waals surface area contributed by atoms with Crippen LogP contribution in [0.2, 0.25) is 0 Å². The Hall–Kier alpha value is -5.60. The van der Waals surface area contributed by atoms with Gasteiger partial charge in [0.25, 0.3) is 0 Å². The Morgan fingerprint density at radius 1 is 0.381 bits per heavy atom. The van der Waals surface area contributed by atoms with Crippen molar-refractivity contribution in [1.29, 1.82) is 0 Å². The Balaban J connectivity index is 1.63. The molecule has 7 aromatic carbocycles. The van der Waals surface area contributed by atoms with E-state index in [2.05, 4.69) is 0 Å². The number of rotatable bonds is 3. The minimum absolute atomic E-state index is 0.0202. The van der Waals surface area contributed by atoms with Gasteiger partial charge in [-0.25, -0.2) is 0 Å². The zero-order valence-corrected chi connectivity index (χ0v) is 21.7. The van der Waals surface area contributed by atoms with E-state index in [1.54, 1.807) is 36.4 Å². The molecule has 2 heterocycles. The molecule has 0 atom stereocenters. The molecular weight excluding hydrogens is 512 g/mol. The lowest BCUT2D eigenvalue weighted by Crippen LogP contribution is -1.91. The fourth-order valence-electron chi connectivity index (χ4n) is 5.88. The maximum atomic E-state index is 9.41. The van der Waals surface area contributed by atoms with E-state index in [1.165, 1.54) is 0 Å². The standard InChI is InChI=1S/C40H24O2/c1-3-13-25(14-4-1)35-28-18-7-9-20-30(28)36(31-21-10-8-19-29(31)35)37-33-24-23-32-27-17-11-12-22-34(27)41-39(32)40(33)42-38(37)26-15-5-2-6-16-26/h1-24H/i1D,3D,4D,7D,8D,9D,10D,13D,14D,18D,19D,20D,21D. The molecule has 0 fully saturated rings. The van der Waals surface area contributed by atoms with Crippen LogP contribution in [-0.2, 0) is 0 Å². The van der Waals surface area contributed by atoms with Crippen molar-refractivity contribution in [2.45, 2.75) is 0 Å². The molecule has 0 aliphatic heterocycles. The molecule has 9 rings (SSSR count). The highest BCUT2D eigenvalue weighted by Gasteiger charge is 2.26. The maximum Gasteiger partial charge on any atom is 0.178 e. The summed E-state index contributed by atoms with van der Waals surface area (Å²) in [7, 11) is 0. The van der Waals surface area contributed by atoms with Gasteiger partial charge in [-0.3, -0.25) is 0 Å². The maximum absolute atomic E-state index is 9.41. The minimum Gasteiger partial charge on any atom is -0.452 e. The summed E-state index contributed by atoms with van der Waals surface area (Å²) in [5.74, 6) is 0.210. The molecule has 0 saturated heterocycles. The summed E-state index contributed by atoms with van der Waals surface area (Å²) < 4.78 is 129. The third-order valence-electron chi connectivity index (χ3n) is 7.61. The molecule has 2 aromatic heterocycles. The topological polar surface area (TPSA) is 26.3 Å². The molecule has 0 N–H and O–H groups in total. The van der Waals surface area contributed by atoms with Crippen molar-refractivity contribution in [2.75, 3.05) is 0 Å². The van der Waals surface area contributed by atoms with Crippen molar-refractivity contribution in [2.24, 2.45) is 0 Å². The third-order valence-corrected chi connectivity index (χ3v) is 7.61. The molecule has 0 aliphatic carbocycles. The Morgan fingerprint density at radius 3 is 1.67 bits per heavy atom. The molecule has 0 radical (unpaired) electrons. The molecule has 0 amide bonds. The summed E-state index contributed by atoms with van der Waals surface area (Å²) in [4.78, 5) is 0. The highest BCUT2D eigenvalue weighted by Crippen LogP contribution is 2.50. The smallest absolute Gasteiger partial charge is 0.178 e. The average Bonchev–Trinajstić information content (AvgIpc) is 3.78. The van der Waals surface area contributed by atoms with Crippen molar-refractivity contribution < 1.29 is 26.7 Å². The van der Waals surface area contributed by atoms with Crippen LogP contribution in [0.3, 0.4) is 0 Å². The Kier molecular flexibility index (Phi) is 2.95. The normalized spacial score (nSPS) is 16.1. The van der Waals surface area contributed by atoms with Gasteiger partial charge in [-0.05, 0) is 50.9 Å². The lowest BCUT2D eigenvalue weighted by Gasteiger charge is -2.18. The van der Waals surface area contributed by atoms with E-state index in [0.29, 0.717) is 22.1 Å². The van der Waals surface area contributed by atoms with Crippen LogP contribution in [0.4, 0.5) is 0 Å². The monoisotopic (exact) mass is 549 g/mol. The van der Waals surface area contributed by atoms with Gasteiger partial charge in [-0.15, -0.1) is 0 Å². The summed E-state index contributed by atoms with van der Waals surface area (Å²) in [6.45, 7) is 0. The van der Waals surface area contributed by atoms with Crippen LogP contribution in [0.1, 0.15) is 17.8 Å². The molecule has 0 unspecified atom stereocenters. The van der Waals surface area contributed by atoms with Gasteiger partial charge in [0.15, 0.2) is 11.2 Å². The zero-order valence-electron chi connectivity index (χ0n) is 34.7. The minimum atomic E-state index is -0.731. The first kappa shape index (κ1) is 13.8. The van der Waals surface area contributed by atoms with Crippen LogP contribution in [-0.4, -0.2) is 0 Å². The Morgan fingerprint density at radius 2 is 0.952 bits per heavy atom. The number of para-hydroxylation sites is 1.